The fourth-order valence-electron chi connectivity index (χ4n) is 4.05. The van der Waals surface area contributed by atoms with Gasteiger partial charge in [-0.05, 0) is 54.7 Å². The number of rotatable bonds is 9. The van der Waals surface area contributed by atoms with Crippen LogP contribution in [-0.2, 0) is 27.2 Å². The van der Waals surface area contributed by atoms with Gasteiger partial charge in [0.1, 0.15) is 18.7 Å². The number of nitrogens with zero attached hydrogens (tertiary/aromatic N) is 1. The van der Waals surface area contributed by atoms with Crippen molar-refractivity contribution >= 4 is 41.4 Å². The number of carbonyl (C=O) groups excluding carboxylic acids is 2. The molecule has 39 heavy (non-hydrogen) atoms. The maximum atomic E-state index is 13.0. The van der Waals surface area contributed by atoms with Crippen molar-refractivity contribution in [2.75, 3.05) is 25.0 Å². The van der Waals surface area contributed by atoms with Crippen molar-refractivity contribution in [3.63, 3.8) is 0 Å². The van der Waals surface area contributed by atoms with Gasteiger partial charge in [0.2, 0.25) is 5.91 Å². The van der Waals surface area contributed by atoms with Crippen LogP contribution >= 0.6 is 0 Å². The third-order valence-electron chi connectivity index (χ3n) is 5.68. The Hall–Kier alpha value is -5.14. The van der Waals surface area contributed by atoms with Gasteiger partial charge in [0.25, 0.3) is 0 Å². The summed E-state index contributed by atoms with van der Waals surface area (Å²) in [5, 5.41) is 37.9. The third-order valence-corrected chi connectivity index (χ3v) is 5.68. The Morgan fingerprint density at radius 2 is 1.74 bits per heavy atom. The van der Waals surface area contributed by atoms with Gasteiger partial charge in [0, 0.05) is 12.1 Å². The predicted molar refractivity (Wildman–Crippen MR) is 134 cm³/mol. The van der Waals surface area contributed by atoms with Crippen molar-refractivity contribution in [1.82, 2.24) is 4.90 Å². The molecule has 0 saturated heterocycles. The van der Waals surface area contributed by atoms with E-state index in [1.165, 1.54) is 18.2 Å². The number of hydrogen-bond acceptors (Lipinski definition) is 8. The number of esters is 1. The molecule has 1 heterocycles. The summed E-state index contributed by atoms with van der Waals surface area (Å²) < 4.78 is 11.2. The van der Waals surface area contributed by atoms with Gasteiger partial charge in [0.15, 0.2) is 17.5 Å². The van der Waals surface area contributed by atoms with E-state index in [0.29, 0.717) is 29.0 Å². The zero-order chi connectivity index (χ0) is 28.7. The lowest BCUT2D eigenvalue weighted by molar-refractivity contribution is -0.149. The number of aromatic carboxylic acids is 1. The van der Waals surface area contributed by atoms with Crippen LogP contribution in [-0.4, -0.2) is 75.7 Å². The highest BCUT2D eigenvalue weighted by atomic mass is 16.6. The number of aliphatic carboxylic acids is 2. The zero-order valence-corrected chi connectivity index (χ0v) is 20.6. The van der Waals surface area contributed by atoms with Gasteiger partial charge < -0.3 is 40.7 Å². The SMILES string of the molecule is N=C(N)Nc1ccc2c(c1)CCCOc1c(ccc(CCC(=O)N(CC(=O)O)CC(=O)O)c1C(=O)O)OC2=O. The standard InChI is InChI=1S/C25H26N4O10/c26-25(27)28-15-5-6-16-14(10-15)2-1-9-38-22-17(39-24(16)37)7-3-13(21(22)23(35)36)4-8-18(30)29(11-19(31)32)12-20(33)34/h3,5-7,10H,1-2,4,8-9,11-12H2,(H,31,32)(H,33,34)(H,35,36)(H4,26,27,28). The Morgan fingerprint density at radius 1 is 1.05 bits per heavy atom. The minimum Gasteiger partial charge on any atom is -0.489 e. The first-order chi connectivity index (χ1) is 18.5. The topological polar surface area (TPSA) is 230 Å². The van der Waals surface area contributed by atoms with E-state index in [1.54, 1.807) is 12.1 Å². The minimum atomic E-state index is -1.41. The Morgan fingerprint density at radius 3 is 2.36 bits per heavy atom. The van der Waals surface area contributed by atoms with Crippen LogP contribution in [0.1, 0.15) is 44.7 Å². The molecule has 0 atom stereocenters. The van der Waals surface area contributed by atoms with E-state index in [9.17, 15) is 29.1 Å². The molecule has 14 heteroatoms. The summed E-state index contributed by atoms with van der Waals surface area (Å²) in [6.45, 7) is -1.59. The number of ether oxygens (including phenoxy) is 2. The number of nitrogens with one attached hydrogen (secondary N) is 2. The summed E-state index contributed by atoms with van der Waals surface area (Å²) in [6, 6.07) is 7.38. The first kappa shape index (κ1) is 28.4. The molecule has 2 aromatic carbocycles. The second-order valence-corrected chi connectivity index (χ2v) is 8.52. The largest absolute Gasteiger partial charge is 0.489 e. The van der Waals surface area contributed by atoms with E-state index in [2.05, 4.69) is 5.32 Å². The molecule has 1 aliphatic heterocycles. The first-order valence-corrected chi connectivity index (χ1v) is 11.7. The molecule has 2 aromatic rings. The molecular formula is C25H26N4O10. The molecule has 0 bridgehead atoms. The van der Waals surface area contributed by atoms with E-state index in [-0.39, 0.29) is 53.6 Å². The van der Waals surface area contributed by atoms with Crippen LogP contribution in [0.15, 0.2) is 30.3 Å². The number of amides is 1. The van der Waals surface area contributed by atoms with E-state index in [4.69, 9.17) is 30.8 Å². The van der Waals surface area contributed by atoms with Crippen molar-refractivity contribution in [1.29, 1.82) is 5.41 Å². The van der Waals surface area contributed by atoms with Crippen LogP contribution in [0, 0.1) is 5.41 Å². The summed E-state index contributed by atoms with van der Waals surface area (Å²) >= 11 is 0. The Bertz CT molecular complexity index is 1320. The molecule has 0 aromatic heterocycles. The van der Waals surface area contributed by atoms with E-state index in [1.807, 2.05) is 0 Å². The number of nitrogens with two attached hydrogens (primary N) is 1. The van der Waals surface area contributed by atoms with Crippen LogP contribution in [0.25, 0.3) is 0 Å². The third kappa shape index (κ3) is 7.44. The van der Waals surface area contributed by atoms with E-state index in [0.717, 1.165) is 0 Å². The van der Waals surface area contributed by atoms with Crippen LogP contribution in [0.2, 0.25) is 0 Å². The molecule has 206 valence electrons. The van der Waals surface area contributed by atoms with E-state index >= 15 is 0 Å². The summed E-state index contributed by atoms with van der Waals surface area (Å²) in [7, 11) is 0. The fourth-order valence-corrected chi connectivity index (χ4v) is 4.05. The van der Waals surface area contributed by atoms with Crippen molar-refractivity contribution in [3.8, 4) is 11.5 Å². The Balaban J connectivity index is 1.90. The van der Waals surface area contributed by atoms with Crippen molar-refractivity contribution in [2.24, 2.45) is 5.73 Å². The van der Waals surface area contributed by atoms with Crippen LogP contribution in [0.4, 0.5) is 5.69 Å². The molecular weight excluding hydrogens is 516 g/mol. The fraction of sp³-hybridized carbons (Fsp3) is 0.280. The average molecular weight is 543 g/mol. The number of hydrogen-bond donors (Lipinski definition) is 6. The lowest BCUT2D eigenvalue weighted by Gasteiger charge is -2.21. The van der Waals surface area contributed by atoms with Crippen LogP contribution in [0.5, 0.6) is 11.5 Å². The Kier molecular flexibility index (Phi) is 9.04. The number of benzene rings is 2. The zero-order valence-electron chi connectivity index (χ0n) is 20.6. The average Bonchev–Trinajstić information content (AvgIpc) is 2.84. The first-order valence-electron chi connectivity index (χ1n) is 11.7. The summed E-state index contributed by atoms with van der Waals surface area (Å²) in [5.74, 6) is -6.38. The van der Waals surface area contributed by atoms with Crippen LogP contribution in [0.3, 0.4) is 0 Å². The molecule has 1 amide bonds. The maximum Gasteiger partial charge on any atom is 0.343 e. The van der Waals surface area contributed by atoms with Gasteiger partial charge in [-0.3, -0.25) is 19.8 Å². The Labute approximate surface area is 221 Å². The second kappa shape index (κ2) is 12.4. The maximum absolute atomic E-state index is 13.0. The van der Waals surface area contributed by atoms with Crippen molar-refractivity contribution < 1.29 is 48.8 Å². The second-order valence-electron chi connectivity index (χ2n) is 8.52. The normalized spacial score (nSPS) is 12.6. The number of carboxylic acid groups (broad SMARTS) is 3. The number of guanidine groups is 1. The quantitative estimate of drug-likeness (QED) is 0.113. The van der Waals surface area contributed by atoms with Crippen molar-refractivity contribution in [2.45, 2.75) is 25.7 Å². The molecule has 0 saturated carbocycles. The van der Waals surface area contributed by atoms with Gasteiger partial charge in [-0.1, -0.05) is 6.07 Å². The molecule has 0 fully saturated rings. The lowest BCUT2D eigenvalue weighted by Crippen LogP contribution is -2.39. The number of anilines is 1. The predicted octanol–water partition coefficient (Wildman–Crippen LogP) is 1.16. The molecule has 0 radical (unpaired) electrons. The number of aryl methyl sites for hydroxylation is 2. The summed E-state index contributed by atoms with van der Waals surface area (Å²) in [5.41, 5.74) is 6.53. The van der Waals surface area contributed by atoms with Gasteiger partial charge >= 0.3 is 23.9 Å². The molecule has 3 rings (SSSR count). The van der Waals surface area contributed by atoms with Gasteiger partial charge in [0.05, 0.1) is 12.2 Å². The number of carbonyl (C=O) groups is 5. The van der Waals surface area contributed by atoms with E-state index < -0.39 is 42.9 Å². The molecule has 1 aliphatic rings. The summed E-state index contributed by atoms with van der Waals surface area (Å²) in [4.78, 5) is 60.4. The highest BCUT2D eigenvalue weighted by Crippen LogP contribution is 2.36. The molecule has 7 N–H and O–H groups in total. The number of carboxylic acids is 3. The van der Waals surface area contributed by atoms with Gasteiger partial charge in [-0.2, -0.15) is 0 Å². The van der Waals surface area contributed by atoms with Crippen LogP contribution < -0.4 is 20.5 Å². The monoisotopic (exact) mass is 542 g/mol. The molecule has 0 unspecified atom stereocenters. The molecule has 14 nitrogen and oxygen atoms in total. The highest BCUT2D eigenvalue weighted by molar-refractivity contribution is 5.97. The van der Waals surface area contributed by atoms with Crippen molar-refractivity contribution in [3.05, 3.63) is 52.6 Å². The van der Waals surface area contributed by atoms with Gasteiger partial charge in [-0.15, -0.1) is 0 Å². The lowest BCUT2D eigenvalue weighted by atomic mass is 9.99. The molecule has 0 spiro atoms. The summed E-state index contributed by atoms with van der Waals surface area (Å²) in [6.07, 6.45) is 0.218. The van der Waals surface area contributed by atoms with Gasteiger partial charge in [-0.25, -0.2) is 9.59 Å². The molecule has 0 aliphatic carbocycles. The highest BCUT2D eigenvalue weighted by Gasteiger charge is 2.27. The minimum absolute atomic E-state index is 0.0576. The number of fused-ring (bicyclic) bond motifs is 2. The smallest absolute Gasteiger partial charge is 0.343 e.